The van der Waals surface area contributed by atoms with E-state index in [1.807, 2.05) is 13.8 Å². The van der Waals surface area contributed by atoms with Crippen molar-refractivity contribution in [1.82, 2.24) is 0 Å². The minimum absolute atomic E-state index is 0.0551. The summed E-state index contributed by atoms with van der Waals surface area (Å²) >= 11 is 0. The predicted octanol–water partition coefficient (Wildman–Crippen LogP) is 4.77. The van der Waals surface area contributed by atoms with Crippen molar-refractivity contribution in [2.75, 3.05) is 0 Å². The van der Waals surface area contributed by atoms with Gasteiger partial charge >= 0.3 is 0 Å². The maximum absolute atomic E-state index is 13.1. The molecule has 0 saturated heterocycles. The predicted molar refractivity (Wildman–Crippen MR) is 113 cm³/mol. The lowest BCUT2D eigenvalue weighted by Gasteiger charge is -2.41. The Bertz CT molecular complexity index is 778. The van der Waals surface area contributed by atoms with Gasteiger partial charge in [-0.25, -0.2) is 8.42 Å². The van der Waals surface area contributed by atoms with E-state index in [1.54, 1.807) is 30.3 Å². The van der Waals surface area contributed by atoms with Crippen molar-refractivity contribution in [3.05, 3.63) is 41.3 Å². The number of hydrogen-bond acceptors (Lipinski definition) is 4. The Labute approximate surface area is 165 Å². The van der Waals surface area contributed by atoms with Crippen LogP contribution in [0.3, 0.4) is 0 Å². The number of sulfone groups is 1. The van der Waals surface area contributed by atoms with Crippen molar-refractivity contribution in [1.29, 1.82) is 0 Å². The minimum atomic E-state index is -3.63. The van der Waals surface area contributed by atoms with Crippen LogP contribution in [0.5, 0.6) is 0 Å². The number of benzene rings is 1. The molecular weight excluding hydrogens is 376 g/mol. The zero-order valence-corrected chi connectivity index (χ0v) is 19.4. The largest absolute Gasteiger partial charge is 0.414 e. The Morgan fingerprint density at radius 3 is 2.19 bits per heavy atom. The van der Waals surface area contributed by atoms with Crippen LogP contribution in [0.15, 0.2) is 46.2 Å². The second-order valence-corrected chi connectivity index (χ2v) is 16.0. The molecule has 4 atom stereocenters. The molecule has 2 rings (SSSR count). The van der Waals surface area contributed by atoms with Crippen molar-refractivity contribution >= 4 is 18.2 Å². The van der Waals surface area contributed by atoms with Crippen molar-refractivity contribution in [2.45, 2.75) is 76.3 Å². The number of rotatable bonds is 4. The van der Waals surface area contributed by atoms with Gasteiger partial charge in [-0.3, -0.25) is 0 Å². The molecule has 1 aromatic rings. The Balaban J connectivity index is 2.36. The SMILES string of the molecule is C[C@@H]1[C@H](O)C=C(S(=O)(=O)c2ccccc2)[C@@H](C)C[C@@H]1O[Si](C)(C)C(C)(C)C. The molecule has 0 saturated carbocycles. The van der Waals surface area contributed by atoms with Gasteiger partial charge in [0.25, 0.3) is 0 Å². The maximum atomic E-state index is 13.1. The first-order valence-corrected chi connectivity index (χ1v) is 14.0. The average molecular weight is 411 g/mol. The van der Waals surface area contributed by atoms with Crippen molar-refractivity contribution in [3.63, 3.8) is 0 Å². The topological polar surface area (TPSA) is 63.6 Å². The van der Waals surface area contributed by atoms with Gasteiger partial charge in [0.2, 0.25) is 9.84 Å². The van der Waals surface area contributed by atoms with Crippen LogP contribution in [-0.2, 0) is 14.3 Å². The summed E-state index contributed by atoms with van der Waals surface area (Å²) in [5.41, 5.74) is 0. The van der Waals surface area contributed by atoms with Gasteiger partial charge in [0.05, 0.1) is 22.0 Å². The molecule has 4 nitrogen and oxygen atoms in total. The van der Waals surface area contributed by atoms with E-state index < -0.39 is 24.3 Å². The smallest absolute Gasteiger partial charge is 0.202 e. The fourth-order valence-electron chi connectivity index (χ4n) is 3.18. The van der Waals surface area contributed by atoms with Crippen LogP contribution >= 0.6 is 0 Å². The standard InChI is InChI=1S/C21H34O4SSi/c1-15-13-19(25-27(6,7)21(3,4)5)16(2)18(22)14-20(15)26(23,24)17-11-9-8-10-12-17/h8-12,14-16,18-19,22H,13H2,1-7H3/t15-,16+,18+,19-/m0/s1. The van der Waals surface area contributed by atoms with Gasteiger partial charge in [-0.15, -0.1) is 0 Å². The first-order valence-electron chi connectivity index (χ1n) is 9.65. The van der Waals surface area contributed by atoms with E-state index in [0.717, 1.165) is 0 Å². The molecule has 1 N–H and O–H groups in total. The van der Waals surface area contributed by atoms with Crippen LogP contribution in [-0.4, -0.2) is 34.0 Å². The molecule has 0 radical (unpaired) electrons. The molecule has 1 aromatic carbocycles. The van der Waals surface area contributed by atoms with Crippen LogP contribution in [0.25, 0.3) is 0 Å². The minimum Gasteiger partial charge on any atom is -0.414 e. The molecule has 0 heterocycles. The van der Waals surface area contributed by atoms with E-state index in [2.05, 4.69) is 33.9 Å². The molecule has 152 valence electrons. The molecule has 1 aliphatic rings. The van der Waals surface area contributed by atoms with E-state index in [-0.39, 0.29) is 27.9 Å². The monoisotopic (exact) mass is 410 g/mol. The first kappa shape index (κ1) is 22.3. The fourth-order valence-corrected chi connectivity index (χ4v) is 6.34. The molecule has 0 unspecified atom stereocenters. The molecule has 0 spiro atoms. The van der Waals surface area contributed by atoms with E-state index >= 15 is 0 Å². The van der Waals surface area contributed by atoms with E-state index in [4.69, 9.17) is 4.43 Å². The zero-order chi connectivity index (χ0) is 20.6. The Morgan fingerprint density at radius 1 is 1.11 bits per heavy atom. The molecule has 0 aliphatic heterocycles. The van der Waals surface area contributed by atoms with Gasteiger partial charge in [0, 0.05) is 5.92 Å². The molecule has 0 amide bonds. The van der Waals surface area contributed by atoms with E-state index in [9.17, 15) is 13.5 Å². The highest BCUT2D eigenvalue weighted by Crippen LogP contribution is 2.41. The summed E-state index contributed by atoms with van der Waals surface area (Å²) in [5.74, 6) is -0.380. The lowest BCUT2D eigenvalue weighted by molar-refractivity contribution is 0.0471. The number of aliphatic hydroxyl groups excluding tert-OH is 1. The Kier molecular flexibility index (Phi) is 6.47. The van der Waals surface area contributed by atoms with Crippen LogP contribution < -0.4 is 0 Å². The summed E-state index contributed by atoms with van der Waals surface area (Å²) in [6.07, 6.45) is 1.10. The second-order valence-electron chi connectivity index (χ2n) is 9.29. The number of hydrogen-bond donors (Lipinski definition) is 1. The van der Waals surface area contributed by atoms with Crippen molar-refractivity contribution in [2.24, 2.45) is 11.8 Å². The molecule has 0 bridgehead atoms. The third-order valence-electron chi connectivity index (χ3n) is 6.15. The van der Waals surface area contributed by atoms with Crippen LogP contribution in [0.4, 0.5) is 0 Å². The average Bonchev–Trinajstić information content (AvgIpc) is 2.66. The summed E-state index contributed by atoms with van der Waals surface area (Å²) < 4.78 is 32.9. The van der Waals surface area contributed by atoms with Gasteiger partial charge in [0.1, 0.15) is 0 Å². The molecule has 27 heavy (non-hydrogen) atoms. The molecular formula is C21H34O4SSi. The third-order valence-corrected chi connectivity index (χ3v) is 12.7. The van der Waals surface area contributed by atoms with Crippen LogP contribution in [0, 0.1) is 11.8 Å². The molecule has 0 fully saturated rings. The zero-order valence-electron chi connectivity index (χ0n) is 17.6. The quantitative estimate of drug-likeness (QED) is 0.726. The molecule has 6 heteroatoms. The van der Waals surface area contributed by atoms with Gasteiger partial charge in [-0.05, 0) is 48.7 Å². The summed E-state index contributed by atoms with van der Waals surface area (Å²) in [6.45, 7) is 14.8. The maximum Gasteiger partial charge on any atom is 0.202 e. The van der Waals surface area contributed by atoms with Gasteiger partial charge in [-0.2, -0.15) is 0 Å². The number of allylic oxidation sites excluding steroid dienone is 1. The first-order chi connectivity index (χ1) is 12.3. The Morgan fingerprint density at radius 2 is 1.67 bits per heavy atom. The van der Waals surface area contributed by atoms with E-state index in [1.165, 1.54) is 6.08 Å². The van der Waals surface area contributed by atoms with Crippen molar-refractivity contribution in [3.8, 4) is 0 Å². The van der Waals surface area contributed by atoms with Gasteiger partial charge in [-0.1, -0.05) is 52.8 Å². The summed E-state index contributed by atoms with van der Waals surface area (Å²) in [4.78, 5) is 0.570. The van der Waals surface area contributed by atoms with Gasteiger partial charge < -0.3 is 9.53 Å². The van der Waals surface area contributed by atoms with Crippen LogP contribution in [0.1, 0.15) is 41.0 Å². The molecule has 1 aliphatic carbocycles. The second kappa shape index (κ2) is 7.82. The summed E-state index contributed by atoms with van der Waals surface area (Å²) in [6, 6.07) is 8.44. The van der Waals surface area contributed by atoms with Gasteiger partial charge in [0.15, 0.2) is 8.32 Å². The van der Waals surface area contributed by atoms with Crippen LogP contribution in [0.2, 0.25) is 18.1 Å². The van der Waals surface area contributed by atoms with Crippen molar-refractivity contribution < 1.29 is 18.0 Å². The summed E-state index contributed by atoms with van der Waals surface area (Å²) in [7, 11) is -5.66. The highest BCUT2D eigenvalue weighted by atomic mass is 32.2. The highest BCUT2D eigenvalue weighted by molar-refractivity contribution is 7.95. The third kappa shape index (κ3) is 4.73. The van der Waals surface area contributed by atoms with E-state index in [0.29, 0.717) is 11.3 Å². The Hall–Kier alpha value is -0.953. The lowest BCUT2D eigenvalue weighted by Crippen LogP contribution is -2.47. The summed E-state index contributed by atoms with van der Waals surface area (Å²) in [5, 5.41) is 10.8. The highest BCUT2D eigenvalue weighted by Gasteiger charge is 2.43. The number of aliphatic hydroxyl groups is 1. The lowest BCUT2D eigenvalue weighted by atomic mass is 9.95. The molecule has 0 aromatic heterocycles. The fraction of sp³-hybridized carbons (Fsp3) is 0.619. The normalized spacial score (nSPS) is 27.8.